The van der Waals surface area contributed by atoms with Crippen LogP contribution in [0.2, 0.25) is 0 Å². The highest BCUT2D eigenvalue weighted by Gasteiger charge is 2.34. The van der Waals surface area contributed by atoms with Crippen LogP contribution in [-0.2, 0) is 4.79 Å². The zero-order chi connectivity index (χ0) is 13.8. The van der Waals surface area contributed by atoms with Gasteiger partial charge in [0.15, 0.2) is 11.0 Å². The molecule has 0 bridgehead atoms. The molecule has 1 N–H and O–H groups in total. The molecule has 6 heteroatoms. The Morgan fingerprint density at radius 2 is 2.21 bits per heavy atom. The molecule has 1 amide bonds. The van der Waals surface area contributed by atoms with Gasteiger partial charge < -0.3 is 9.32 Å². The summed E-state index contributed by atoms with van der Waals surface area (Å²) in [6.07, 6.45) is 3.34. The first-order chi connectivity index (χ1) is 9.15. The second-order valence-corrected chi connectivity index (χ2v) is 5.92. The largest absolute Gasteiger partial charge is 0.465 e. The fourth-order valence-electron chi connectivity index (χ4n) is 1.84. The molecule has 1 aromatic rings. The molecule has 2 heterocycles. The predicted octanol–water partition coefficient (Wildman–Crippen LogP) is 1.36. The first-order valence-corrected chi connectivity index (χ1v) is 7.50. The number of nitrogens with one attached hydrogen (secondary N) is 1. The van der Waals surface area contributed by atoms with E-state index in [2.05, 4.69) is 13.8 Å². The average Bonchev–Trinajstić information content (AvgIpc) is 2.99. The van der Waals surface area contributed by atoms with Crippen molar-refractivity contribution in [2.24, 2.45) is 0 Å². The number of rotatable bonds is 5. The van der Waals surface area contributed by atoms with Crippen LogP contribution in [-0.4, -0.2) is 34.9 Å². The lowest BCUT2D eigenvalue weighted by atomic mass is 10.3. The molecule has 0 spiro atoms. The van der Waals surface area contributed by atoms with Crippen LogP contribution in [0.1, 0.15) is 19.6 Å². The van der Waals surface area contributed by atoms with Gasteiger partial charge in [0, 0.05) is 6.08 Å². The Bertz CT molecular complexity index is 493. The number of nitrogens with zero attached hydrogens (tertiary/aromatic N) is 1. The Balaban J connectivity index is 2.12. The van der Waals surface area contributed by atoms with Gasteiger partial charge in [-0.2, -0.15) is 0 Å². The second-order valence-electron chi connectivity index (χ2n) is 4.24. The summed E-state index contributed by atoms with van der Waals surface area (Å²) in [4.78, 5) is 15.9. The Hall–Kier alpha value is -1.11. The highest BCUT2D eigenvalue weighted by molar-refractivity contribution is 8.26. The van der Waals surface area contributed by atoms with Crippen molar-refractivity contribution < 1.29 is 14.1 Å². The zero-order valence-electron chi connectivity index (χ0n) is 11.0. The average molecular weight is 297 g/mol. The molecule has 0 aromatic carbocycles. The maximum absolute atomic E-state index is 12.3. The van der Waals surface area contributed by atoms with E-state index in [1.54, 1.807) is 23.3 Å². The van der Waals surface area contributed by atoms with Crippen LogP contribution in [0.3, 0.4) is 0 Å². The number of quaternary nitrogens is 1. The fraction of sp³-hybridized carbons (Fsp3) is 0.385. The number of carbonyl (C=O) groups is 1. The molecule has 1 aromatic heterocycles. The van der Waals surface area contributed by atoms with Crippen molar-refractivity contribution >= 4 is 40.3 Å². The lowest BCUT2D eigenvalue weighted by Crippen LogP contribution is -3.13. The molecule has 4 nitrogen and oxygen atoms in total. The van der Waals surface area contributed by atoms with Gasteiger partial charge in [0.1, 0.15) is 5.76 Å². The third kappa shape index (κ3) is 3.26. The summed E-state index contributed by atoms with van der Waals surface area (Å²) in [5.41, 5.74) is 0. The van der Waals surface area contributed by atoms with E-state index in [0.717, 1.165) is 13.1 Å². The summed E-state index contributed by atoms with van der Waals surface area (Å²) in [5.74, 6) is 0.654. The SMILES string of the molecule is CC[NH+](CC)CN1C(=O)/C(=C/c2ccco2)SC1=S. The summed E-state index contributed by atoms with van der Waals surface area (Å²) >= 11 is 6.63. The number of amides is 1. The Morgan fingerprint density at radius 3 is 2.79 bits per heavy atom. The molecule has 0 aliphatic carbocycles. The van der Waals surface area contributed by atoms with Crippen molar-refractivity contribution in [1.82, 2.24) is 4.90 Å². The molecular formula is C13H17N2O2S2+. The van der Waals surface area contributed by atoms with Crippen molar-refractivity contribution in [3.8, 4) is 0 Å². The maximum Gasteiger partial charge on any atom is 0.270 e. The molecular weight excluding hydrogens is 280 g/mol. The van der Waals surface area contributed by atoms with Crippen molar-refractivity contribution in [2.45, 2.75) is 13.8 Å². The number of thiocarbonyl (C=S) groups is 1. The predicted molar refractivity (Wildman–Crippen MR) is 80.6 cm³/mol. The minimum absolute atomic E-state index is 0.0224. The van der Waals surface area contributed by atoms with Crippen LogP contribution < -0.4 is 4.90 Å². The summed E-state index contributed by atoms with van der Waals surface area (Å²) in [5, 5.41) is 0. The summed E-state index contributed by atoms with van der Waals surface area (Å²) in [6.45, 7) is 6.80. The number of carbonyl (C=O) groups excluding carboxylic acids is 1. The van der Waals surface area contributed by atoms with E-state index < -0.39 is 0 Å². The molecule has 2 rings (SSSR count). The van der Waals surface area contributed by atoms with Gasteiger partial charge >= 0.3 is 0 Å². The van der Waals surface area contributed by atoms with E-state index in [0.29, 0.717) is 21.7 Å². The molecule has 1 saturated heterocycles. The number of thioether (sulfide) groups is 1. The van der Waals surface area contributed by atoms with Gasteiger partial charge in [-0.05, 0) is 26.0 Å². The molecule has 0 atom stereocenters. The van der Waals surface area contributed by atoms with Gasteiger partial charge in [0.05, 0.1) is 24.3 Å². The van der Waals surface area contributed by atoms with Gasteiger partial charge in [0.25, 0.3) is 5.91 Å². The first-order valence-electron chi connectivity index (χ1n) is 6.28. The molecule has 0 saturated carbocycles. The van der Waals surface area contributed by atoms with Crippen molar-refractivity contribution in [2.75, 3.05) is 19.8 Å². The quantitative estimate of drug-likeness (QED) is 0.658. The molecule has 1 aliphatic heterocycles. The highest BCUT2D eigenvalue weighted by atomic mass is 32.2. The molecule has 102 valence electrons. The van der Waals surface area contributed by atoms with Crippen LogP contribution in [0.25, 0.3) is 6.08 Å². The van der Waals surface area contributed by atoms with E-state index >= 15 is 0 Å². The topological polar surface area (TPSA) is 37.9 Å². The van der Waals surface area contributed by atoms with Crippen LogP contribution in [0.4, 0.5) is 0 Å². The van der Waals surface area contributed by atoms with Crippen LogP contribution in [0.15, 0.2) is 27.7 Å². The van der Waals surface area contributed by atoms with Gasteiger partial charge in [-0.3, -0.25) is 4.79 Å². The Kier molecular flexibility index (Phi) is 4.79. The Labute approximate surface area is 122 Å². The molecule has 1 fully saturated rings. The summed E-state index contributed by atoms with van der Waals surface area (Å²) < 4.78 is 5.86. The number of hydrogen-bond acceptors (Lipinski definition) is 4. The van der Waals surface area contributed by atoms with Crippen molar-refractivity contribution in [3.05, 3.63) is 29.1 Å². The van der Waals surface area contributed by atoms with E-state index in [1.807, 2.05) is 6.07 Å². The van der Waals surface area contributed by atoms with Crippen LogP contribution >= 0.6 is 24.0 Å². The minimum Gasteiger partial charge on any atom is -0.465 e. The van der Waals surface area contributed by atoms with Crippen LogP contribution in [0, 0.1) is 0 Å². The summed E-state index contributed by atoms with van der Waals surface area (Å²) in [7, 11) is 0. The third-order valence-electron chi connectivity index (χ3n) is 3.07. The van der Waals surface area contributed by atoms with Crippen LogP contribution in [0.5, 0.6) is 0 Å². The normalized spacial score (nSPS) is 18.1. The summed E-state index contributed by atoms with van der Waals surface area (Å²) in [6, 6.07) is 3.62. The first kappa shape index (κ1) is 14.3. The Morgan fingerprint density at radius 1 is 1.47 bits per heavy atom. The van der Waals surface area contributed by atoms with Gasteiger partial charge in [-0.15, -0.1) is 0 Å². The number of furan rings is 1. The molecule has 19 heavy (non-hydrogen) atoms. The minimum atomic E-state index is -0.0224. The van der Waals surface area contributed by atoms with E-state index in [4.69, 9.17) is 16.6 Å². The van der Waals surface area contributed by atoms with Crippen molar-refractivity contribution in [1.29, 1.82) is 0 Å². The second kappa shape index (κ2) is 6.36. The molecule has 0 radical (unpaired) electrons. The van der Waals surface area contributed by atoms with E-state index in [-0.39, 0.29) is 5.91 Å². The maximum atomic E-state index is 12.3. The fourth-order valence-corrected chi connectivity index (χ4v) is 3.07. The molecule has 0 unspecified atom stereocenters. The molecule has 1 aliphatic rings. The lowest BCUT2D eigenvalue weighted by Gasteiger charge is -2.21. The lowest BCUT2D eigenvalue weighted by molar-refractivity contribution is -0.903. The van der Waals surface area contributed by atoms with Crippen molar-refractivity contribution in [3.63, 3.8) is 0 Å². The smallest absolute Gasteiger partial charge is 0.270 e. The third-order valence-corrected chi connectivity index (χ3v) is 4.45. The standard InChI is InChI=1S/C13H16N2O2S2/c1-3-14(4-2)9-15-12(16)11(19-13(15)18)8-10-6-5-7-17-10/h5-8H,3-4,9H2,1-2H3/p+1/b11-8-. The highest BCUT2D eigenvalue weighted by Crippen LogP contribution is 2.31. The van der Waals surface area contributed by atoms with Gasteiger partial charge in [0.2, 0.25) is 0 Å². The monoisotopic (exact) mass is 297 g/mol. The van der Waals surface area contributed by atoms with E-state index in [9.17, 15) is 4.79 Å². The van der Waals surface area contributed by atoms with E-state index in [1.165, 1.54) is 16.7 Å². The number of hydrogen-bond donors (Lipinski definition) is 1. The van der Waals surface area contributed by atoms with Gasteiger partial charge in [-0.1, -0.05) is 24.0 Å². The zero-order valence-corrected chi connectivity index (χ0v) is 12.6. The van der Waals surface area contributed by atoms with Gasteiger partial charge in [-0.25, -0.2) is 4.90 Å².